The van der Waals surface area contributed by atoms with Gasteiger partial charge in [-0.2, -0.15) is 0 Å². The van der Waals surface area contributed by atoms with Gasteiger partial charge in [-0.3, -0.25) is 0 Å². The van der Waals surface area contributed by atoms with Crippen LogP contribution in [0.5, 0.6) is 0 Å². The Bertz CT molecular complexity index is 1700. The van der Waals surface area contributed by atoms with Crippen molar-refractivity contribution in [3.63, 3.8) is 0 Å². The van der Waals surface area contributed by atoms with Gasteiger partial charge in [0.05, 0.1) is 0 Å². The Labute approximate surface area is 494 Å². The average Bonchev–Trinajstić information content (AvgIpc) is 3.79. The van der Waals surface area contributed by atoms with Gasteiger partial charge in [0.25, 0.3) is 0 Å². The fourth-order valence-electron chi connectivity index (χ4n) is 11.8. The van der Waals surface area contributed by atoms with Crippen molar-refractivity contribution in [3.05, 3.63) is 86.5 Å². The summed E-state index contributed by atoms with van der Waals surface area (Å²) < 4.78 is 1.70. The number of aryl methyl sites for hydroxylation is 4. The van der Waals surface area contributed by atoms with Crippen LogP contribution in [-0.4, -0.2) is 4.70 Å². The van der Waals surface area contributed by atoms with E-state index in [1.807, 2.05) is 14.4 Å². The summed E-state index contributed by atoms with van der Waals surface area (Å²) in [7, 11) is 0. The molecule has 0 unspecified atom stereocenters. The summed E-state index contributed by atoms with van der Waals surface area (Å²) in [5.74, 6) is 0. The quantitative estimate of drug-likeness (QED) is 0.0358. The second kappa shape index (κ2) is 51.9. The number of hydrogen-bond acceptors (Lipinski definition) is 0. The Hall–Kier alpha value is -1.99. The van der Waals surface area contributed by atoms with Crippen molar-refractivity contribution in [2.45, 2.75) is 381 Å². The van der Waals surface area contributed by atoms with Crippen LogP contribution in [0.2, 0.25) is 10.8 Å². The van der Waals surface area contributed by atoms with Gasteiger partial charge in [0.15, 0.2) is 0 Å². The average molecular weight is 1120 g/mol. The van der Waals surface area contributed by atoms with Crippen molar-refractivity contribution in [3.8, 4) is 0 Å². The summed E-state index contributed by atoms with van der Waals surface area (Å²) in [5.41, 5.74) is 26.1. The molecule has 0 aromatic heterocycles. The third-order valence-electron chi connectivity index (χ3n) is 16.8. The van der Waals surface area contributed by atoms with Gasteiger partial charge in [-0.05, 0) is 124 Å². The molecule has 0 amide bonds. The molecular formula is C75H132N2Ni. The molecule has 0 bridgehead atoms. The van der Waals surface area contributed by atoms with Gasteiger partial charge in [0.2, 0.25) is 11.4 Å². The zero-order chi connectivity index (χ0) is 56.4. The van der Waals surface area contributed by atoms with E-state index in [0.29, 0.717) is 0 Å². The topological polar surface area (TPSA) is 25.3 Å². The third-order valence-corrected chi connectivity index (χ3v) is 18.1. The van der Waals surface area contributed by atoms with Crippen LogP contribution in [0.4, 0.5) is 0 Å². The van der Waals surface area contributed by atoms with Crippen molar-refractivity contribution in [1.82, 2.24) is 0 Å². The molecule has 2 nitrogen and oxygen atoms in total. The van der Waals surface area contributed by atoms with E-state index in [1.165, 1.54) is 319 Å². The van der Waals surface area contributed by atoms with Crippen LogP contribution in [0.25, 0.3) is 16.9 Å². The molecule has 1 aliphatic rings. The minimum atomic E-state index is 1.03. The molecular weight excluding hydrogens is 988 g/mol. The Kier molecular flexibility index (Phi) is 48.0. The number of hydrogen-bond donors (Lipinski definition) is 0. The fourth-order valence-corrected chi connectivity index (χ4v) is 13.0. The number of rotatable bonds is 53. The van der Waals surface area contributed by atoms with Gasteiger partial charge < -0.3 is 5.53 Å². The summed E-state index contributed by atoms with van der Waals surface area (Å²) in [4.78, 5) is 0. The first-order valence-electron chi connectivity index (χ1n) is 35.1. The number of benzene rings is 2. The molecule has 0 aliphatic carbocycles. The predicted molar refractivity (Wildman–Crippen MR) is 348 cm³/mol. The van der Waals surface area contributed by atoms with Gasteiger partial charge >= 0.3 is 142 Å². The molecule has 78 heavy (non-hydrogen) atoms. The molecule has 3 rings (SSSR count). The number of allylic oxidation sites excluding steroid dienone is 2. The van der Waals surface area contributed by atoms with Gasteiger partial charge in [-0.1, -0.05) is 189 Å². The summed E-state index contributed by atoms with van der Waals surface area (Å²) in [6.07, 6.45) is 64.9. The summed E-state index contributed by atoms with van der Waals surface area (Å²) >= 11 is 2.02. The second-order valence-corrected chi connectivity index (χ2v) is 25.9. The number of nitrogens with zero attached hydrogens (tertiary/aromatic N) is 2. The van der Waals surface area contributed by atoms with Crippen LogP contribution >= 0.6 is 0 Å². The third kappa shape index (κ3) is 34.5. The number of unbranched alkanes of at least 4 members (excludes halogenated alkanes) is 35. The molecule has 0 N–H and O–H groups in total. The minimum absolute atomic E-state index is 1.03. The summed E-state index contributed by atoms with van der Waals surface area (Å²) in [6.45, 7) is 18.5. The molecule has 0 fully saturated rings. The van der Waals surface area contributed by atoms with Crippen LogP contribution in [0.3, 0.4) is 0 Å². The van der Waals surface area contributed by atoms with Crippen LogP contribution in [0.15, 0.2) is 47.5 Å². The molecule has 0 radical (unpaired) electrons. The van der Waals surface area contributed by atoms with E-state index in [2.05, 4.69) is 91.8 Å². The van der Waals surface area contributed by atoms with E-state index in [4.69, 9.17) is 0 Å². The van der Waals surface area contributed by atoms with E-state index < -0.39 is 0 Å². The molecule has 2 aromatic rings. The van der Waals surface area contributed by atoms with Gasteiger partial charge in [0, 0.05) is 22.3 Å². The maximum atomic E-state index is 12.7. The zero-order valence-corrected chi connectivity index (χ0v) is 54.7. The molecule has 0 saturated heterocycles. The molecule has 3 heteroatoms. The summed E-state index contributed by atoms with van der Waals surface area (Å²) in [6, 6.07) is 14.9. The zero-order valence-electron chi connectivity index (χ0n) is 53.7. The van der Waals surface area contributed by atoms with Crippen molar-refractivity contribution in [2.24, 2.45) is 0 Å². The molecule has 0 spiro atoms. The van der Waals surface area contributed by atoms with Gasteiger partial charge in [-0.15, -0.1) is 0 Å². The normalized spacial score (nSPS) is 12.7. The Morgan fingerprint density at radius 3 is 0.769 bits per heavy atom. The molecule has 452 valence electrons. The van der Waals surface area contributed by atoms with Crippen LogP contribution < -0.4 is 0 Å². The van der Waals surface area contributed by atoms with Crippen LogP contribution in [0.1, 0.15) is 378 Å². The molecule has 2 aromatic carbocycles. The standard InChI is InChI=1S/C55H90N2.2C10H21.Ni/c1-7-13-19-21-23-25-27-32-36-48-41-49(37-33-28-26-24-22-20-14-8-2)45-50(44-48)54-52(38-18-12-6)53(39-31-17-11-5)55(57(54)56)51-42-46(34-29-15-9-3)40-47(43-51)35-30-16-10-4;2*1-3-5-7-9-10-8-6-4-2;/h40-45H,7-39H2,1-6H3;2*1,3-10H2,2H3;. The molecule has 1 aliphatic heterocycles. The van der Waals surface area contributed by atoms with E-state index in [9.17, 15) is 5.53 Å². The molecule has 0 atom stereocenters. The second-order valence-electron chi connectivity index (χ2n) is 24.4. The first kappa shape index (κ1) is 72.1. The molecule has 0 saturated carbocycles. The van der Waals surface area contributed by atoms with Crippen molar-refractivity contribution < 1.29 is 19.1 Å². The SMILES string of the molecule is CCCCCCCCCCc1cc(CCCCCCCCCC)cc(C2=C(CCCC)C(CCCCC)=C(c3cc(CCCCC)cc(CCCCC)c3)[N+]2=[N-])c1.CCCCCCCCC[CH2][Ni][CH2]CCCCCCCCC. The Morgan fingerprint density at radius 2 is 0.474 bits per heavy atom. The van der Waals surface area contributed by atoms with E-state index in [1.54, 1.807) is 4.70 Å². The van der Waals surface area contributed by atoms with E-state index in [0.717, 1.165) is 62.8 Å². The van der Waals surface area contributed by atoms with Crippen molar-refractivity contribution >= 4 is 11.4 Å². The Morgan fingerprint density at radius 1 is 0.256 bits per heavy atom. The van der Waals surface area contributed by atoms with Gasteiger partial charge in [-0.25, -0.2) is 4.70 Å². The van der Waals surface area contributed by atoms with Crippen LogP contribution in [0, 0.1) is 0 Å². The van der Waals surface area contributed by atoms with Crippen LogP contribution in [-0.2, 0) is 40.1 Å². The van der Waals surface area contributed by atoms with E-state index in [-0.39, 0.29) is 0 Å². The first-order valence-corrected chi connectivity index (χ1v) is 36.5. The molecule has 1 heterocycles. The fraction of sp³-hybridized carbons (Fsp3) is 0.787. The first-order chi connectivity index (χ1) is 38.4. The van der Waals surface area contributed by atoms with Gasteiger partial charge in [0.1, 0.15) is 0 Å². The van der Waals surface area contributed by atoms with E-state index >= 15 is 0 Å². The van der Waals surface area contributed by atoms with Crippen molar-refractivity contribution in [1.29, 1.82) is 0 Å². The summed E-state index contributed by atoms with van der Waals surface area (Å²) in [5, 5.41) is 2.86. The van der Waals surface area contributed by atoms with Crippen molar-refractivity contribution in [2.75, 3.05) is 0 Å². The monoisotopic (exact) mass is 1120 g/mol. The predicted octanol–water partition coefficient (Wildman–Crippen LogP) is 26.6. The Balaban J connectivity index is 0.000000832. The maximum absolute atomic E-state index is 12.7.